The van der Waals surface area contributed by atoms with Crippen LogP contribution in [0.4, 0.5) is 5.69 Å². The van der Waals surface area contributed by atoms with Crippen molar-refractivity contribution in [1.29, 1.82) is 5.26 Å². The molecule has 1 aliphatic heterocycles. The van der Waals surface area contributed by atoms with Gasteiger partial charge in [0.15, 0.2) is 0 Å². The highest BCUT2D eigenvalue weighted by molar-refractivity contribution is 6.19. The fraction of sp³-hybridized carbons (Fsp3) is 0.118. The zero-order chi connectivity index (χ0) is 15.5. The highest BCUT2D eigenvalue weighted by Gasteiger charge is 2.18. The highest BCUT2D eigenvalue weighted by Crippen LogP contribution is 2.27. The van der Waals surface area contributed by atoms with Gasteiger partial charge in [0.05, 0.1) is 30.1 Å². The summed E-state index contributed by atoms with van der Waals surface area (Å²) in [6.07, 6.45) is 0. The molecule has 0 spiro atoms. The van der Waals surface area contributed by atoms with E-state index in [1.165, 1.54) is 0 Å². The average Bonchev–Trinajstić information content (AvgIpc) is 2.72. The van der Waals surface area contributed by atoms with Gasteiger partial charge in [-0.25, -0.2) is 0 Å². The fourth-order valence-corrected chi connectivity index (χ4v) is 2.36. The Hall–Kier alpha value is -3.13. The second-order valence-corrected chi connectivity index (χ2v) is 4.82. The maximum atomic E-state index is 11.8. The van der Waals surface area contributed by atoms with Crippen LogP contribution >= 0.6 is 0 Å². The second-order valence-electron chi connectivity index (χ2n) is 4.82. The minimum atomic E-state index is -0.169. The molecule has 2 aromatic carbocycles. The second kappa shape index (κ2) is 5.70. The van der Waals surface area contributed by atoms with Gasteiger partial charge in [-0.3, -0.25) is 9.79 Å². The minimum Gasteiger partial charge on any atom is -0.497 e. The molecule has 0 atom stereocenters. The van der Waals surface area contributed by atoms with Gasteiger partial charge in [-0.2, -0.15) is 5.26 Å². The number of carbonyl (C=O) groups excluding carboxylic acids is 1. The first kappa shape index (κ1) is 13.8. The molecule has 0 aromatic heterocycles. The number of anilines is 1. The number of aliphatic imine (C=N–C) groups is 1. The van der Waals surface area contributed by atoms with E-state index in [1.807, 2.05) is 12.1 Å². The maximum Gasteiger partial charge on any atom is 0.246 e. The molecule has 1 N–H and O–H groups in total. The maximum absolute atomic E-state index is 11.8. The normalized spacial score (nSPS) is 13.3. The number of nitriles is 1. The lowest BCUT2D eigenvalue weighted by molar-refractivity contribution is -0.114. The van der Waals surface area contributed by atoms with E-state index in [2.05, 4.69) is 16.4 Å². The molecule has 0 radical (unpaired) electrons. The van der Waals surface area contributed by atoms with E-state index in [0.717, 1.165) is 11.1 Å². The van der Waals surface area contributed by atoms with Crippen molar-refractivity contribution in [2.75, 3.05) is 19.0 Å². The summed E-state index contributed by atoms with van der Waals surface area (Å²) in [4.78, 5) is 16.2. The predicted molar refractivity (Wildman–Crippen MR) is 83.3 cm³/mol. The molecule has 0 saturated carbocycles. The van der Waals surface area contributed by atoms with Gasteiger partial charge in [0, 0.05) is 11.1 Å². The van der Waals surface area contributed by atoms with Crippen LogP contribution in [0.25, 0.3) is 0 Å². The van der Waals surface area contributed by atoms with Gasteiger partial charge < -0.3 is 10.1 Å². The number of benzene rings is 2. The third-order valence-electron chi connectivity index (χ3n) is 3.40. The smallest absolute Gasteiger partial charge is 0.246 e. The Morgan fingerprint density at radius 3 is 2.91 bits per heavy atom. The number of nitrogens with zero attached hydrogens (tertiary/aromatic N) is 2. The van der Waals surface area contributed by atoms with Gasteiger partial charge in [-0.15, -0.1) is 0 Å². The lowest BCUT2D eigenvalue weighted by Crippen LogP contribution is -2.13. The minimum absolute atomic E-state index is 0.0448. The highest BCUT2D eigenvalue weighted by atomic mass is 16.5. The zero-order valence-electron chi connectivity index (χ0n) is 12.0. The molecule has 5 heteroatoms. The molecular weight excluding hydrogens is 278 g/mol. The van der Waals surface area contributed by atoms with Crippen LogP contribution in [-0.4, -0.2) is 25.3 Å². The predicted octanol–water partition coefficient (Wildman–Crippen LogP) is 2.36. The Bertz CT molecular complexity index is 819. The lowest BCUT2D eigenvalue weighted by atomic mass is 9.99. The van der Waals surface area contributed by atoms with Crippen LogP contribution in [0.1, 0.15) is 16.7 Å². The monoisotopic (exact) mass is 291 g/mol. The van der Waals surface area contributed by atoms with Gasteiger partial charge in [-0.05, 0) is 30.3 Å². The van der Waals surface area contributed by atoms with E-state index in [-0.39, 0.29) is 12.5 Å². The van der Waals surface area contributed by atoms with Crippen LogP contribution in [0.5, 0.6) is 5.75 Å². The molecule has 22 heavy (non-hydrogen) atoms. The SMILES string of the molecule is COc1ccc2c(c1)C(c1cccc(C#N)c1)=NCC(=O)N2. The number of methoxy groups -OCH3 is 1. The van der Waals surface area contributed by atoms with Crippen molar-refractivity contribution < 1.29 is 9.53 Å². The molecule has 5 nitrogen and oxygen atoms in total. The summed E-state index contributed by atoms with van der Waals surface area (Å²) in [6, 6.07) is 14.7. The molecular formula is C17H13N3O2. The van der Waals surface area contributed by atoms with Crippen molar-refractivity contribution in [3.8, 4) is 11.8 Å². The first-order valence-electron chi connectivity index (χ1n) is 6.74. The summed E-state index contributed by atoms with van der Waals surface area (Å²) in [7, 11) is 1.59. The summed E-state index contributed by atoms with van der Waals surface area (Å²) >= 11 is 0. The Morgan fingerprint density at radius 1 is 1.27 bits per heavy atom. The topological polar surface area (TPSA) is 74.5 Å². The molecule has 2 aromatic rings. The summed E-state index contributed by atoms with van der Waals surface area (Å²) in [5.74, 6) is 0.511. The molecule has 1 heterocycles. The average molecular weight is 291 g/mol. The molecule has 0 unspecified atom stereocenters. The lowest BCUT2D eigenvalue weighted by Gasteiger charge is -2.12. The number of fused-ring (bicyclic) bond motifs is 1. The van der Waals surface area contributed by atoms with Crippen LogP contribution in [-0.2, 0) is 4.79 Å². The van der Waals surface area contributed by atoms with Crippen LogP contribution < -0.4 is 10.1 Å². The molecule has 3 rings (SSSR count). The van der Waals surface area contributed by atoms with Crippen molar-refractivity contribution in [1.82, 2.24) is 0 Å². The fourth-order valence-electron chi connectivity index (χ4n) is 2.36. The van der Waals surface area contributed by atoms with Crippen molar-refractivity contribution in [2.24, 2.45) is 4.99 Å². The summed E-state index contributed by atoms with van der Waals surface area (Å²) in [5.41, 5.74) is 3.48. The van der Waals surface area contributed by atoms with Gasteiger partial charge in [0.25, 0.3) is 0 Å². The number of rotatable bonds is 2. The first-order valence-corrected chi connectivity index (χ1v) is 6.74. The van der Waals surface area contributed by atoms with Gasteiger partial charge in [-0.1, -0.05) is 12.1 Å². The van der Waals surface area contributed by atoms with Gasteiger partial charge in [0.1, 0.15) is 12.3 Å². The summed E-state index contributed by atoms with van der Waals surface area (Å²) in [5, 5.41) is 11.9. The quantitative estimate of drug-likeness (QED) is 0.923. The number of amides is 1. The third kappa shape index (κ3) is 2.54. The van der Waals surface area contributed by atoms with Crippen LogP contribution in [0.3, 0.4) is 0 Å². The molecule has 0 aliphatic carbocycles. The Morgan fingerprint density at radius 2 is 2.14 bits per heavy atom. The number of hydrogen-bond donors (Lipinski definition) is 1. The van der Waals surface area contributed by atoms with Crippen molar-refractivity contribution >= 4 is 17.3 Å². The Labute approximate surface area is 127 Å². The van der Waals surface area contributed by atoms with E-state index in [9.17, 15) is 4.79 Å². The molecule has 0 bridgehead atoms. The van der Waals surface area contributed by atoms with Crippen molar-refractivity contribution in [2.45, 2.75) is 0 Å². The number of carbonyl (C=O) groups is 1. The van der Waals surface area contributed by atoms with Gasteiger partial charge in [0.2, 0.25) is 5.91 Å². The molecule has 0 fully saturated rings. The van der Waals surface area contributed by atoms with Crippen LogP contribution in [0.2, 0.25) is 0 Å². The third-order valence-corrected chi connectivity index (χ3v) is 3.40. The van der Waals surface area contributed by atoms with E-state index in [4.69, 9.17) is 10.00 Å². The van der Waals surface area contributed by atoms with Gasteiger partial charge >= 0.3 is 0 Å². The number of hydrogen-bond acceptors (Lipinski definition) is 4. The Balaban J connectivity index is 2.18. The molecule has 0 saturated heterocycles. The summed E-state index contributed by atoms with van der Waals surface area (Å²) in [6.45, 7) is 0.0448. The number of benzodiazepines with no additional fused rings is 1. The van der Waals surface area contributed by atoms with E-state index >= 15 is 0 Å². The summed E-state index contributed by atoms with van der Waals surface area (Å²) < 4.78 is 5.26. The van der Waals surface area contributed by atoms with Crippen molar-refractivity contribution in [3.05, 3.63) is 59.2 Å². The number of ether oxygens (including phenoxy) is 1. The van der Waals surface area contributed by atoms with E-state index in [0.29, 0.717) is 22.7 Å². The standard InChI is InChI=1S/C17H13N3O2/c1-22-13-5-6-15-14(8-13)17(19-10-16(21)20-15)12-4-2-3-11(7-12)9-18/h2-8H,10H2,1H3,(H,20,21). The van der Waals surface area contributed by atoms with Crippen LogP contribution in [0.15, 0.2) is 47.5 Å². The largest absolute Gasteiger partial charge is 0.497 e. The van der Waals surface area contributed by atoms with E-state index in [1.54, 1.807) is 37.4 Å². The molecule has 1 aliphatic rings. The zero-order valence-corrected chi connectivity index (χ0v) is 12.0. The Kier molecular flexibility index (Phi) is 3.58. The molecule has 108 valence electrons. The van der Waals surface area contributed by atoms with Crippen molar-refractivity contribution in [3.63, 3.8) is 0 Å². The van der Waals surface area contributed by atoms with E-state index < -0.39 is 0 Å². The number of nitrogens with one attached hydrogen (secondary N) is 1. The first-order chi connectivity index (χ1) is 10.7. The molecule has 1 amide bonds. The van der Waals surface area contributed by atoms with Crippen LogP contribution in [0, 0.1) is 11.3 Å².